The van der Waals surface area contributed by atoms with Gasteiger partial charge in [0, 0.05) is 30.6 Å². The van der Waals surface area contributed by atoms with Gasteiger partial charge in [-0.05, 0) is 97.2 Å². The first-order chi connectivity index (χ1) is 18.7. The molecule has 0 fully saturated rings. The summed E-state index contributed by atoms with van der Waals surface area (Å²) in [6.07, 6.45) is 12.9. The van der Waals surface area contributed by atoms with Gasteiger partial charge in [0.1, 0.15) is 0 Å². The lowest BCUT2D eigenvalue weighted by atomic mass is 10.1. The van der Waals surface area contributed by atoms with Gasteiger partial charge in [0.25, 0.3) is 0 Å². The highest BCUT2D eigenvalue weighted by Gasteiger charge is 2.04. The number of unbranched alkanes of at least 4 members (excludes halogenated alkanes) is 6. The van der Waals surface area contributed by atoms with E-state index in [9.17, 15) is 0 Å². The zero-order valence-electron chi connectivity index (χ0n) is 22.8. The molecule has 0 nitrogen and oxygen atoms in total. The molecule has 0 aliphatic heterocycles. The van der Waals surface area contributed by atoms with Crippen LogP contribution in [0.5, 0.6) is 0 Å². The van der Waals surface area contributed by atoms with E-state index >= 15 is 0 Å². The quantitative estimate of drug-likeness (QED) is 0.125. The van der Waals surface area contributed by atoms with Gasteiger partial charge in [-0.25, -0.2) is 0 Å². The van der Waals surface area contributed by atoms with E-state index < -0.39 is 0 Å². The van der Waals surface area contributed by atoms with E-state index in [1.165, 1.54) is 94.8 Å². The molecule has 0 amide bonds. The maximum Gasteiger partial charge on any atom is 0.0345 e. The average molecular weight is 535 g/mol. The molecule has 38 heavy (non-hydrogen) atoms. The first kappa shape index (κ1) is 28.0. The summed E-state index contributed by atoms with van der Waals surface area (Å²) in [5, 5.41) is 0. The Morgan fingerprint density at radius 2 is 0.895 bits per heavy atom. The van der Waals surface area contributed by atoms with Crippen molar-refractivity contribution in [2.24, 2.45) is 0 Å². The van der Waals surface area contributed by atoms with E-state index in [1.807, 2.05) is 22.7 Å². The maximum absolute atomic E-state index is 3.18. The summed E-state index contributed by atoms with van der Waals surface area (Å²) in [5.74, 6) is 12.4. The summed E-state index contributed by atoms with van der Waals surface area (Å²) in [7, 11) is 0. The summed E-state index contributed by atoms with van der Waals surface area (Å²) in [4.78, 5) is 5.65. The Morgan fingerprint density at radius 1 is 0.474 bits per heavy atom. The number of hydrogen-bond donors (Lipinski definition) is 0. The smallest absolute Gasteiger partial charge is 0.0345 e. The van der Waals surface area contributed by atoms with Crippen molar-refractivity contribution in [1.29, 1.82) is 0 Å². The fourth-order valence-corrected chi connectivity index (χ4v) is 6.54. The number of aryl methyl sites for hydroxylation is 2. The fraction of sp³-hybridized carbons (Fsp3) is 0.333. The molecule has 0 unspecified atom stereocenters. The molecule has 0 spiro atoms. The molecule has 2 heteroatoms. The van der Waals surface area contributed by atoms with Gasteiger partial charge in [-0.2, -0.15) is 0 Å². The minimum absolute atomic E-state index is 0.998. The second-order valence-corrected chi connectivity index (χ2v) is 12.1. The number of rotatable bonds is 12. The van der Waals surface area contributed by atoms with Crippen molar-refractivity contribution in [3.05, 3.63) is 93.7 Å². The molecule has 2 heterocycles. The van der Waals surface area contributed by atoms with Crippen LogP contribution in [0.1, 0.15) is 86.1 Å². The predicted molar refractivity (Wildman–Crippen MR) is 169 cm³/mol. The van der Waals surface area contributed by atoms with Gasteiger partial charge >= 0.3 is 0 Å². The molecular formula is C36H38S2. The summed E-state index contributed by atoms with van der Waals surface area (Å²) in [6, 6.07) is 26.1. The first-order valence-corrected chi connectivity index (χ1v) is 15.8. The lowest BCUT2D eigenvalue weighted by Gasteiger charge is -1.99. The second-order valence-electron chi connectivity index (χ2n) is 9.81. The zero-order valence-corrected chi connectivity index (χ0v) is 24.4. The van der Waals surface area contributed by atoms with Crippen LogP contribution in [0.15, 0.2) is 72.8 Å². The molecule has 0 atom stereocenters. The van der Waals surface area contributed by atoms with E-state index in [0.717, 1.165) is 11.1 Å². The normalized spacial score (nSPS) is 10.5. The molecule has 4 rings (SSSR count). The van der Waals surface area contributed by atoms with Gasteiger partial charge in [-0.1, -0.05) is 88.5 Å². The van der Waals surface area contributed by atoms with Crippen LogP contribution in [0, 0.1) is 23.7 Å². The van der Waals surface area contributed by atoms with Crippen LogP contribution in [0.3, 0.4) is 0 Å². The number of thiophene rings is 2. The molecule has 4 aromatic rings. The van der Waals surface area contributed by atoms with Crippen LogP contribution in [-0.4, -0.2) is 0 Å². The molecule has 0 saturated carbocycles. The van der Waals surface area contributed by atoms with E-state index in [-0.39, 0.29) is 0 Å². The van der Waals surface area contributed by atoms with E-state index in [4.69, 9.17) is 0 Å². The largest absolute Gasteiger partial charge is 0.140 e. The van der Waals surface area contributed by atoms with Crippen LogP contribution in [-0.2, 0) is 12.8 Å². The highest BCUT2D eigenvalue weighted by Crippen LogP contribution is 2.30. The van der Waals surface area contributed by atoms with Crippen LogP contribution < -0.4 is 0 Å². The molecular weight excluding hydrogens is 497 g/mol. The van der Waals surface area contributed by atoms with Gasteiger partial charge in [0.05, 0.1) is 0 Å². The third-order valence-corrected chi connectivity index (χ3v) is 9.08. The van der Waals surface area contributed by atoms with Gasteiger partial charge in [0.2, 0.25) is 0 Å². The van der Waals surface area contributed by atoms with Gasteiger partial charge in [-0.3, -0.25) is 0 Å². The van der Waals surface area contributed by atoms with Crippen molar-refractivity contribution >= 4 is 22.7 Å². The third-order valence-electron chi connectivity index (χ3n) is 6.69. The Labute approximate surface area is 238 Å². The maximum atomic E-state index is 3.18. The zero-order chi connectivity index (χ0) is 26.4. The van der Waals surface area contributed by atoms with Crippen LogP contribution in [0.2, 0.25) is 0 Å². The lowest BCUT2D eigenvalue weighted by molar-refractivity contribution is 0.670. The van der Waals surface area contributed by atoms with Crippen molar-refractivity contribution in [2.75, 3.05) is 0 Å². The lowest BCUT2D eigenvalue weighted by Crippen LogP contribution is -1.80. The Hall–Kier alpha value is -3.04. The standard InChI is InChI=1S/C36H38S2/c1-3-5-7-9-15-33-25-27-35(37-33)31-21-17-29(18-22-31)13-11-12-14-30-19-23-32(24-20-30)36-28-26-34(38-36)16-10-8-6-4-2/h17-28H,3-10,15-16H2,1-2H3. The van der Waals surface area contributed by atoms with Gasteiger partial charge in [0.15, 0.2) is 0 Å². The topological polar surface area (TPSA) is 0 Å². The Morgan fingerprint density at radius 3 is 1.29 bits per heavy atom. The Kier molecular flexibility index (Phi) is 11.3. The average Bonchev–Trinajstić information content (AvgIpc) is 3.63. The Balaban J connectivity index is 1.29. The highest BCUT2D eigenvalue weighted by atomic mass is 32.1. The van der Waals surface area contributed by atoms with Crippen LogP contribution in [0.4, 0.5) is 0 Å². The molecule has 194 valence electrons. The molecule has 0 aliphatic carbocycles. The fourth-order valence-electron chi connectivity index (χ4n) is 4.43. The third kappa shape index (κ3) is 8.77. The monoisotopic (exact) mass is 534 g/mol. The molecule has 0 saturated heterocycles. The minimum Gasteiger partial charge on any atom is -0.140 e. The van der Waals surface area contributed by atoms with Crippen LogP contribution >= 0.6 is 22.7 Å². The molecule has 0 radical (unpaired) electrons. The van der Waals surface area contributed by atoms with E-state index in [0.29, 0.717) is 0 Å². The van der Waals surface area contributed by atoms with E-state index in [1.54, 1.807) is 0 Å². The summed E-state index contributed by atoms with van der Waals surface area (Å²) >= 11 is 3.83. The first-order valence-electron chi connectivity index (χ1n) is 14.2. The second kappa shape index (κ2) is 15.4. The van der Waals surface area contributed by atoms with Crippen molar-refractivity contribution in [3.63, 3.8) is 0 Å². The minimum atomic E-state index is 0.998. The van der Waals surface area contributed by atoms with Crippen molar-refractivity contribution < 1.29 is 0 Å². The summed E-state index contributed by atoms with van der Waals surface area (Å²) in [6.45, 7) is 4.53. The molecule has 0 bridgehead atoms. The summed E-state index contributed by atoms with van der Waals surface area (Å²) in [5.41, 5.74) is 4.53. The van der Waals surface area contributed by atoms with Crippen molar-refractivity contribution in [2.45, 2.75) is 78.1 Å². The van der Waals surface area contributed by atoms with Gasteiger partial charge in [-0.15, -0.1) is 22.7 Å². The summed E-state index contributed by atoms with van der Waals surface area (Å²) < 4.78 is 0. The molecule has 0 N–H and O–H groups in total. The number of hydrogen-bond acceptors (Lipinski definition) is 2. The molecule has 2 aromatic carbocycles. The van der Waals surface area contributed by atoms with E-state index in [2.05, 4.69) is 110 Å². The van der Waals surface area contributed by atoms with Crippen LogP contribution in [0.25, 0.3) is 20.9 Å². The Bertz CT molecular complexity index is 1270. The molecule has 0 aliphatic rings. The SMILES string of the molecule is CCCCCCc1ccc(-c2ccc(C#CC#Cc3ccc(-c4ccc(CCCCCC)s4)cc3)cc2)s1. The predicted octanol–water partition coefficient (Wildman–Crippen LogP) is 10.8. The highest BCUT2D eigenvalue weighted by molar-refractivity contribution is 7.15. The van der Waals surface area contributed by atoms with Crippen molar-refractivity contribution in [1.82, 2.24) is 0 Å². The number of benzene rings is 2. The van der Waals surface area contributed by atoms with Gasteiger partial charge < -0.3 is 0 Å². The molecule has 2 aromatic heterocycles. The van der Waals surface area contributed by atoms with Crippen molar-refractivity contribution in [3.8, 4) is 44.6 Å².